The monoisotopic (exact) mass is 175 g/mol. The third kappa shape index (κ3) is 22.5. The van der Waals surface area contributed by atoms with Gasteiger partial charge in [0.1, 0.15) is 0 Å². The SMILES string of the molecule is CCCN.NCCCCCCN. The third-order valence-electron chi connectivity index (χ3n) is 1.45. The van der Waals surface area contributed by atoms with Crippen LogP contribution in [0.1, 0.15) is 39.0 Å². The lowest BCUT2D eigenvalue weighted by Gasteiger charge is -1.94. The Bertz CT molecular complexity index is 49.7. The summed E-state index contributed by atoms with van der Waals surface area (Å²) in [5.74, 6) is 0. The van der Waals surface area contributed by atoms with Crippen LogP contribution in [0.3, 0.4) is 0 Å². The van der Waals surface area contributed by atoms with Gasteiger partial charge in [0, 0.05) is 0 Å². The van der Waals surface area contributed by atoms with Crippen LogP contribution in [0.15, 0.2) is 0 Å². The van der Waals surface area contributed by atoms with Crippen molar-refractivity contribution in [2.75, 3.05) is 19.6 Å². The number of nitrogens with two attached hydrogens (primary N) is 3. The van der Waals surface area contributed by atoms with Gasteiger partial charge in [0.05, 0.1) is 0 Å². The molecule has 0 unspecified atom stereocenters. The Morgan fingerprint density at radius 2 is 1.00 bits per heavy atom. The predicted octanol–water partition coefficient (Wildman–Crippen LogP) is 0.819. The van der Waals surface area contributed by atoms with E-state index in [2.05, 4.69) is 6.92 Å². The van der Waals surface area contributed by atoms with Gasteiger partial charge in [-0.2, -0.15) is 0 Å². The molecule has 0 rings (SSSR count). The molecule has 0 aliphatic heterocycles. The molecule has 0 aliphatic rings. The van der Waals surface area contributed by atoms with E-state index in [0.29, 0.717) is 0 Å². The van der Waals surface area contributed by atoms with Gasteiger partial charge in [-0.25, -0.2) is 0 Å². The first kappa shape index (κ1) is 14.4. The molecule has 0 saturated carbocycles. The average molecular weight is 175 g/mol. The Morgan fingerprint density at radius 1 is 0.667 bits per heavy atom. The molecule has 3 heteroatoms. The first-order chi connectivity index (χ1) is 5.83. The molecule has 0 aromatic rings. The Kier molecular flexibility index (Phi) is 20.5. The Balaban J connectivity index is 0. The first-order valence-electron chi connectivity index (χ1n) is 4.93. The maximum Gasteiger partial charge on any atom is -0.00773 e. The molecule has 3 nitrogen and oxygen atoms in total. The summed E-state index contributed by atoms with van der Waals surface area (Å²) in [6.45, 7) is 4.52. The van der Waals surface area contributed by atoms with Crippen LogP contribution in [0.25, 0.3) is 0 Å². The van der Waals surface area contributed by atoms with Crippen molar-refractivity contribution in [2.24, 2.45) is 17.2 Å². The summed E-state index contributed by atoms with van der Waals surface area (Å²) in [6.07, 6.45) is 5.89. The minimum absolute atomic E-state index is 0.819. The molecular formula is C9H25N3. The van der Waals surface area contributed by atoms with Crippen molar-refractivity contribution in [3.8, 4) is 0 Å². The minimum atomic E-state index is 0.819. The summed E-state index contributed by atoms with van der Waals surface area (Å²) in [5, 5.41) is 0. The Morgan fingerprint density at radius 3 is 1.17 bits per heavy atom. The van der Waals surface area contributed by atoms with Gasteiger partial charge in [-0.15, -0.1) is 0 Å². The van der Waals surface area contributed by atoms with Crippen LogP contribution in [-0.2, 0) is 0 Å². The Hall–Kier alpha value is -0.120. The normalized spacial score (nSPS) is 9.00. The summed E-state index contributed by atoms with van der Waals surface area (Å²) in [4.78, 5) is 0. The number of unbranched alkanes of at least 4 members (excludes halogenated alkanes) is 3. The number of rotatable bonds is 6. The van der Waals surface area contributed by atoms with E-state index < -0.39 is 0 Å². The maximum atomic E-state index is 5.28. The van der Waals surface area contributed by atoms with Gasteiger partial charge in [0.2, 0.25) is 0 Å². The summed E-state index contributed by atoms with van der Waals surface area (Å²) >= 11 is 0. The summed E-state index contributed by atoms with van der Waals surface area (Å²) < 4.78 is 0. The second-order valence-corrected chi connectivity index (χ2v) is 2.78. The van der Waals surface area contributed by atoms with Gasteiger partial charge in [0.15, 0.2) is 0 Å². The second kappa shape index (κ2) is 17.1. The molecular weight excluding hydrogens is 150 g/mol. The van der Waals surface area contributed by atoms with E-state index in [1.807, 2.05) is 0 Å². The van der Waals surface area contributed by atoms with Gasteiger partial charge in [-0.05, 0) is 38.9 Å². The summed E-state index contributed by atoms with van der Waals surface area (Å²) in [6, 6.07) is 0. The van der Waals surface area contributed by atoms with Crippen LogP contribution in [0.2, 0.25) is 0 Å². The molecule has 0 saturated heterocycles. The largest absolute Gasteiger partial charge is 0.330 e. The zero-order valence-electron chi connectivity index (χ0n) is 8.39. The lowest BCUT2D eigenvalue weighted by molar-refractivity contribution is 0.653. The highest BCUT2D eigenvalue weighted by Gasteiger charge is 1.83. The van der Waals surface area contributed by atoms with Crippen molar-refractivity contribution < 1.29 is 0 Å². The molecule has 0 radical (unpaired) electrons. The highest BCUT2D eigenvalue weighted by Crippen LogP contribution is 1.95. The molecule has 0 fully saturated rings. The quantitative estimate of drug-likeness (QED) is 0.523. The van der Waals surface area contributed by atoms with E-state index in [1.54, 1.807) is 0 Å². The van der Waals surface area contributed by atoms with Gasteiger partial charge >= 0.3 is 0 Å². The predicted molar refractivity (Wildman–Crippen MR) is 55.9 cm³/mol. The zero-order chi connectivity index (χ0) is 9.66. The van der Waals surface area contributed by atoms with E-state index in [4.69, 9.17) is 17.2 Å². The molecule has 0 aromatic heterocycles. The molecule has 0 aromatic carbocycles. The minimum Gasteiger partial charge on any atom is -0.330 e. The average Bonchev–Trinajstić information content (AvgIpc) is 2.13. The van der Waals surface area contributed by atoms with E-state index in [-0.39, 0.29) is 0 Å². The van der Waals surface area contributed by atoms with Crippen molar-refractivity contribution in [1.82, 2.24) is 0 Å². The van der Waals surface area contributed by atoms with Crippen molar-refractivity contribution >= 4 is 0 Å². The number of hydrogen-bond donors (Lipinski definition) is 3. The van der Waals surface area contributed by atoms with Crippen LogP contribution in [0.4, 0.5) is 0 Å². The lowest BCUT2D eigenvalue weighted by Crippen LogP contribution is -2.00. The summed E-state index contributed by atoms with van der Waals surface area (Å²) in [5.41, 5.74) is 15.6. The fraction of sp³-hybridized carbons (Fsp3) is 1.00. The Labute approximate surface area is 76.7 Å². The fourth-order valence-corrected chi connectivity index (χ4v) is 0.642. The molecule has 12 heavy (non-hydrogen) atoms. The van der Waals surface area contributed by atoms with Gasteiger partial charge < -0.3 is 17.2 Å². The second-order valence-electron chi connectivity index (χ2n) is 2.78. The molecule has 0 heterocycles. The summed E-state index contributed by atoms with van der Waals surface area (Å²) in [7, 11) is 0. The highest BCUT2D eigenvalue weighted by molar-refractivity contribution is 4.43. The van der Waals surface area contributed by atoms with Crippen LogP contribution >= 0.6 is 0 Å². The standard InChI is InChI=1S/C6H16N2.C3H9N/c7-5-3-1-2-4-6-8;1-2-3-4/h1-8H2;2-4H2,1H3. The van der Waals surface area contributed by atoms with E-state index in [0.717, 1.165) is 38.9 Å². The number of hydrogen-bond acceptors (Lipinski definition) is 3. The van der Waals surface area contributed by atoms with Crippen molar-refractivity contribution in [3.63, 3.8) is 0 Å². The zero-order valence-corrected chi connectivity index (χ0v) is 8.39. The lowest BCUT2D eigenvalue weighted by atomic mass is 10.2. The maximum absolute atomic E-state index is 5.28. The van der Waals surface area contributed by atoms with Crippen LogP contribution in [0.5, 0.6) is 0 Å². The van der Waals surface area contributed by atoms with E-state index >= 15 is 0 Å². The smallest absolute Gasteiger partial charge is 0.00773 e. The highest BCUT2D eigenvalue weighted by atomic mass is 14.5. The van der Waals surface area contributed by atoms with Gasteiger partial charge in [-0.1, -0.05) is 19.8 Å². The molecule has 0 bridgehead atoms. The van der Waals surface area contributed by atoms with Gasteiger partial charge in [0.25, 0.3) is 0 Å². The molecule has 0 atom stereocenters. The molecule has 6 N–H and O–H groups in total. The van der Waals surface area contributed by atoms with Crippen molar-refractivity contribution in [1.29, 1.82) is 0 Å². The van der Waals surface area contributed by atoms with Gasteiger partial charge in [-0.3, -0.25) is 0 Å². The molecule has 0 spiro atoms. The van der Waals surface area contributed by atoms with Crippen molar-refractivity contribution in [2.45, 2.75) is 39.0 Å². The van der Waals surface area contributed by atoms with Crippen LogP contribution in [-0.4, -0.2) is 19.6 Å². The third-order valence-corrected chi connectivity index (χ3v) is 1.45. The van der Waals surface area contributed by atoms with E-state index in [1.165, 1.54) is 12.8 Å². The topological polar surface area (TPSA) is 78.1 Å². The van der Waals surface area contributed by atoms with Crippen molar-refractivity contribution in [3.05, 3.63) is 0 Å². The van der Waals surface area contributed by atoms with E-state index in [9.17, 15) is 0 Å². The van der Waals surface area contributed by atoms with Crippen LogP contribution in [0, 0.1) is 0 Å². The van der Waals surface area contributed by atoms with Crippen LogP contribution < -0.4 is 17.2 Å². The molecule has 76 valence electrons. The fourth-order valence-electron chi connectivity index (χ4n) is 0.642. The first-order valence-corrected chi connectivity index (χ1v) is 4.93. The molecule has 0 aliphatic carbocycles. The molecule has 0 amide bonds.